The maximum absolute atomic E-state index is 13.4. The molecule has 3 aromatic heterocycles. The van der Waals surface area contributed by atoms with Crippen molar-refractivity contribution in [2.45, 2.75) is 53.8 Å². The molecule has 0 atom stereocenters. The largest absolute Gasteiger partial charge is 0.471 e. The minimum absolute atomic E-state index is 0.203. The van der Waals surface area contributed by atoms with Gasteiger partial charge in [-0.1, -0.05) is 12.1 Å². The molecule has 4 aromatic rings. The Labute approximate surface area is 204 Å². The van der Waals surface area contributed by atoms with Gasteiger partial charge in [-0.15, -0.1) is 0 Å². The molecular weight excluding hydrogens is 444 g/mol. The van der Waals surface area contributed by atoms with Crippen molar-refractivity contribution in [3.8, 4) is 22.8 Å². The van der Waals surface area contributed by atoms with Gasteiger partial charge in [-0.25, -0.2) is 9.97 Å². The average Bonchev–Trinajstić information content (AvgIpc) is 3.21. The lowest BCUT2D eigenvalue weighted by Gasteiger charge is -2.19. The molecule has 0 unspecified atom stereocenters. The Bertz CT molecular complexity index is 1460. The number of nitrogens with zero attached hydrogens (tertiary/aromatic N) is 6. The highest BCUT2D eigenvalue weighted by molar-refractivity contribution is 5.67. The van der Waals surface area contributed by atoms with E-state index in [9.17, 15) is 9.90 Å². The van der Waals surface area contributed by atoms with Crippen molar-refractivity contribution in [2.75, 3.05) is 0 Å². The van der Waals surface area contributed by atoms with E-state index in [1.54, 1.807) is 43.1 Å². The molecule has 1 aromatic carbocycles. The minimum atomic E-state index is -1.17. The van der Waals surface area contributed by atoms with Gasteiger partial charge in [-0.3, -0.25) is 14.0 Å². The van der Waals surface area contributed by atoms with Crippen LogP contribution in [0.5, 0.6) is 5.88 Å². The fraction of sp³-hybridized carbons (Fsp3) is 0.346. The van der Waals surface area contributed by atoms with Gasteiger partial charge in [0.15, 0.2) is 5.82 Å². The van der Waals surface area contributed by atoms with Crippen molar-refractivity contribution in [1.29, 1.82) is 0 Å². The maximum atomic E-state index is 13.4. The maximum Gasteiger partial charge on any atom is 0.264 e. The predicted octanol–water partition coefficient (Wildman–Crippen LogP) is 3.46. The first-order valence-corrected chi connectivity index (χ1v) is 11.3. The summed E-state index contributed by atoms with van der Waals surface area (Å²) in [7, 11) is 1.84. The van der Waals surface area contributed by atoms with Crippen LogP contribution in [-0.2, 0) is 19.3 Å². The Morgan fingerprint density at radius 2 is 1.80 bits per heavy atom. The van der Waals surface area contributed by atoms with E-state index < -0.39 is 5.60 Å². The summed E-state index contributed by atoms with van der Waals surface area (Å²) in [5.74, 6) is 1.14. The van der Waals surface area contributed by atoms with Gasteiger partial charge in [-0.2, -0.15) is 10.1 Å². The number of hydrogen-bond acceptors (Lipinski definition) is 7. The summed E-state index contributed by atoms with van der Waals surface area (Å²) in [6.07, 6.45) is 3.54. The highest BCUT2D eigenvalue weighted by atomic mass is 16.5. The summed E-state index contributed by atoms with van der Waals surface area (Å²) in [5.41, 5.74) is 3.80. The monoisotopic (exact) mass is 474 g/mol. The number of rotatable bonds is 6. The summed E-state index contributed by atoms with van der Waals surface area (Å²) in [6, 6.07) is 7.68. The fourth-order valence-electron chi connectivity index (χ4n) is 3.82. The van der Waals surface area contributed by atoms with Crippen LogP contribution in [0.25, 0.3) is 16.9 Å². The van der Waals surface area contributed by atoms with Crippen LogP contribution in [0.1, 0.15) is 47.9 Å². The van der Waals surface area contributed by atoms with Crippen LogP contribution in [0.15, 0.2) is 41.5 Å². The van der Waals surface area contributed by atoms with Crippen LogP contribution in [0, 0.1) is 27.7 Å². The molecule has 9 heteroatoms. The van der Waals surface area contributed by atoms with Crippen molar-refractivity contribution in [3.63, 3.8) is 0 Å². The molecule has 0 aliphatic rings. The number of aryl methyl sites for hydroxylation is 4. The second-order valence-corrected chi connectivity index (χ2v) is 9.28. The summed E-state index contributed by atoms with van der Waals surface area (Å²) >= 11 is 0. The Hall–Kier alpha value is -3.85. The second-order valence-electron chi connectivity index (χ2n) is 9.28. The van der Waals surface area contributed by atoms with Crippen molar-refractivity contribution < 1.29 is 9.84 Å². The van der Waals surface area contributed by atoms with Gasteiger partial charge in [0.1, 0.15) is 18.0 Å². The first-order chi connectivity index (χ1) is 16.5. The number of benzene rings is 1. The van der Waals surface area contributed by atoms with Crippen LogP contribution in [0.3, 0.4) is 0 Å². The average molecular weight is 475 g/mol. The Morgan fingerprint density at radius 1 is 1.06 bits per heavy atom. The molecule has 0 saturated carbocycles. The zero-order valence-corrected chi connectivity index (χ0v) is 21.1. The van der Waals surface area contributed by atoms with Crippen LogP contribution in [0.2, 0.25) is 0 Å². The molecule has 0 aliphatic carbocycles. The first-order valence-electron chi connectivity index (χ1n) is 11.3. The van der Waals surface area contributed by atoms with Gasteiger partial charge in [0.2, 0.25) is 5.88 Å². The molecule has 0 amide bonds. The van der Waals surface area contributed by atoms with E-state index in [1.165, 1.54) is 0 Å². The molecule has 0 aliphatic heterocycles. The topological polar surface area (TPSA) is 108 Å². The third-order valence-corrected chi connectivity index (χ3v) is 5.80. The van der Waals surface area contributed by atoms with E-state index in [4.69, 9.17) is 4.74 Å². The molecule has 9 nitrogen and oxygen atoms in total. The third kappa shape index (κ3) is 4.85. The zero-order valence-electron chi connectivity index (χ0n) is 21.1. The lowest BCUT2D eigenvalue weighted by molar-refractivity contribution is 0.0688. The van der Waals surface area contributed by atoms with Crippen molar-refractivity contribution in [3.05, 3.63) is 81.0 Å². The van der Waals surface area contributed by atoms with Gasteiger partial charge in [-0.05, 0) is 64.8 Å². The second kappa shape index (κ2) is 9.07. The van der Waals surface area contributed by atoms with E-state index in [0.29, 0.717) is 34.5 Å². The van der Waals surface area contributed by atoms with Crippen LogP contribution in [0.4, 0.5) is 0 Å². The lowest BCUT2D eigenvalue weighted by atomic mass is 10.0. The Kier molecular flexibility index (Phi) is 6.29. The van der Waals surface area contributed by atoms with Crippen molar-refractivity contribution >= 4 is 0 Å². The molecule has 0 saturated heterocycles. The van der Waals surface area contributed by atoms with Gasteiger partial charge in [0.25, 0.3) is 5.56 Å². The highest BCUT2D eigenvalue weighted by Gasteiger charge is 2.22. The van der Waals surface area contributed by atoms with E-state index in [1.807, 2.05) is 51.4 Å². The normalized spacial score (nSPS) is 11.7. The predicted molar refractivity (Wildman–Crippen MR) is 133 cm³/mol. The van der Waals surface area contributed by atoms with E-state index in [2.05, 4.69) is 20.1 Å². The first kappa shape index (κ1) is 24.3. The molecule has 0 radical (unpaired) electrons. The molecule has 0 spiro atoms. The van der Waals surface area contributed by atoms with Crippen LogP contribution >= 0.6 is 0 Å². The minimum Gasteiger partial charge on any atom is -0.471 e. The van der Waals surface area contributed by atoms with Crippen LogP contribution in [-0.4, -0.2) is 34.4 Å². The fourth-order valence-corrected chi connectivity index (χ4v) is 3.82. The standard InChI is InChI=1S/C26H30N6O3/c1-15-8-9-19(22-16(2)13-27-25(29-22)26(5,6)34)12-21(15)32-18(4)28-23(17(3)24(32)33)35-14-20-10-11-31(7)30-20/h8-13,34H,14H2,1-7H3. The van der Waals surface area contributed by atoms with E-state index in [-0.39, 0.29) is 12.2 Å². The van der Waals surface area contributed by atoms with Gasteiger partial charge in [0.05, 0.1) is 22.6 Å². The van der Waals surface area contributed by atoms with E-state index >= 15 is 0 Å². The number of aliphatic hydroxyl groups is 1. The number of ether oxygens (including phenoxy) is 1. The third-order valence-electron chi connectivity index (χ3n) is 5.80. The molecule has 0 fully saturated rings. The van der Waals surface area contributed by atoms with Crippen molar-refractivity contribution in [1.82, 2.24) is 29.3 Å². The molecule has 1 N–H and O–H groups in total. The molecular formula is C26H30N6O3. The Morgan fingerprint density at radius 3 is 2.46 bits per heavy atom. The zero-order chi connectivity index (χ0) is 25.5. The molecule has 4 rings (SSSR count). The SMILES string of the molecule is Cc1ccc(-c2nc(C(C)(C)O)ncc2C)cc1-n1c(C)nc(OCc2ccn(C)n2)c(C)c1=O. The number of hydrogen-bond donors (Lipinski definition) is 1. The smallest absolute Gasteiger partial charge is 0.264 e. The van der Waals surface area contributed by atoms with E-state index in [0.717, 1.165) is 22.4 Å². The highest BCUT2D eigenvalue weighted by Crippen LogP contribution is 2.28. The van der Waals surface area contributed by atoms with Gasteiger partial charge < -0.3 is 9.84 Å². The molecule has 182 valence electrons. The van der Waals surface area contributed by atoms with Gasteiger partial charge >= 0.3 is 0 Å². The summed E-state index contributed by atoms with van der Waals surface area (Å²) in [4.78, 5) is 26.9. The molecule has 0 bridgehead atoms. The van der Waals surface area contributed by atoms with Crippen LogP contribution < -0.4 is 10.3 Å². The summed E-state index contributed by atoms with van der Waals surface area (Å²) < 4.78 is 9.12. The summed E-state index contributed by atoms with van der Waals surface area (Å²) in [6.45, 7) is 10.9. The quantitative estimate of drug-likeness (QED) is 0.456. The Balaban J connectivity index is 1.76. The van der Waals surface area contributed by atoms with Crippen molar-refractivity contribution in [2.24, 2.45) is 7.05 Å². The van der Waals surface area contributed by atoms with Gasteiger partial charge in [0, 0.05) is 25.0 Å². The molecule has 35 heavy (non-hydrogen) atoms. The number of aromatic nitrogens is 6. The molecule has 3 heterocycles. The summed E-state index contributed by atoms with van der Waals surface area (Å²) in [5, 5.41) is 14.7. The lowest BCUT2D eigenvalue weighted by Crippen LogP contribution is -2.26.